The number of furan rings is 1. The van der Waals surface area contributed by atoms with Gasteiger partial charge >= 0.3 is 0 Å². The van der Waals surface area contributed by atoms with Crippen LogP contribution in [0.4, 0.5) is 0 Å². The van der Waals surface area contributed by atoms with Gasteiger partial charge in [0.05, 0.1) is 16.4 Å². The lowest BCUT2D eigenvalue weighted by molar-refractivity contribution is 0.673. The zero-order valence-corrected chi connectivity index (χ0v) is 10.7. The van der Waals surface area contributed by atoms with E-state index in [1.54, 1.807) is 0 Å². The van der Waals surface area contributed by atoms with E-state index in [2.05, 4.69) is 47.4 Å². The molecule has 0 amide bonds. The molecule has 1 N–H and O–H groups in total. The van der Waals surface area contributed by atoms with Gasteiger partial charge in [0, 0.05) is 5.39 Å². The zero-order valence-electron chi connectivity index (χ0n) is 10.7. The minimum absolute atomic E-state index is 0.934. The van der Waals surface area contributed by atoms with Gasteiger partial charge in [-0.2, -0.15) is 0 Å². The van der Waals surface area contributed by atoms with Crippen LogP contribution in [0, 0.1) is 0 Å². The maximum absolute atomic E-state index is 6.08. The van der Waals surface area contributed by atoms with Crippen molar-refractivity contribution in [3.63, 3.8) is 0 Å². The van der Waals surface area contributed by atoms with Gasteiger partial charge in [0.25, 0.3) is 0 Å². The van der Waals surface area contributed by atoms with Crippen molar-refractivity contribution in [2.24, 2.45) is 0 Å². The number of benzene rings is 3. The van der Waals surface area contributed by atoms with Crippen LogP contribution in [0.25, 0.3) is 43.7 Å². The van der Waals surface area contributed by atoms with Crippen LogP contribution in [-0.2, 0) is 0 Å². The lowest BCUT2D eigenvalue weighted by Gasteiger charge is -1.98. The smallest absolute Gasteiger partial charge is 0.161 e. The molecule has 0 unspecified atom stereocenters. The van der Waals surface area contributed by atoms with Gasteiger partial charge in [-0.15, -0.1) is 0 Å². The second kappa shape index (κ2) is 3.42. The van der Waals surface area contributed by atoms with Crippen molar-refractivity contribution >= 4 is 43.7 Å². The number of aromatic nitrogens is 1. The summed E-state index contributed by atoms with van der Waals surface area (Å²) in [6, 6.07) is 20.9. The van der Waals surface area contributed by atoms with Gasteiger partial charge in [0.1, 0.15) is 5.58 Å². The van der Waals surface area contributed by atoms with Gasteiger partial charge in [-0.05, 0) is 29.0 Å². The predicted molar refractivity (Wildman–Crippen MR) is 83.1 cm³/mol. The Morgan fingerprint density at radius 1 is 0.750 bits per heavy atom. The Morgan fingerprint density at radius 2 is 1.55 bits per heavy atom. The van der Waals surface area contributed by atoms with E-state index in [4.69, 9.17) is 4.42 Å². The third kappa shape index (κ3) is 1.14. The van der Waals surface area contributed by atoms with Crippen molar-refractivity contribution in [3.05, 3.63) is 60.7 Å². The fourth-order valence-electron chi connectivity index (χ4n) is 3.10. The normalized spacial score (nSPS) is 12.0. The highest BCUT2D eigenvalue weighted by Crippen LogP contribution is 2.37. The molecule has 0 bridgehead atoms. The van der Waals surface area contributed by atoms with Gasteiger partial charge in [-0.1, -0.05) is 42.5 Å². The van der Waals surface area contributed by atoms with Crippen LogP contribution in [0.2, 0.25) is 0 Å². The van der Waals surface area contributed by atoms with E-state index in [0.29, 0.717) is 0 Å². The Balaban J connectivity index is 2.13. The topological polar surface area (TPSA) is 28.9 Å². The average molecular weight is 257 g/mol. The van der Waals surface area contributed by atoms with Crippen LogP contribution in [0.5, 0.6) is 0 Å². The van der Waals surface area contributed by atoms with E-state index < -0.39 is 0 Å². The molecule has 5 aromatic rings. The SMILES string of the molecule is c1ccc2c(c1)ccc1[nH]c3c4ccccc4oc3c12. The van der Waals surface area contributed by atoms with Crippen LogP contribution >= 0.6 is 0 Å². The molecule has 0 radical (unpaired) electrons. The Kier molecular flexibility index (Phi) is 1.73. The summed E-state index contributed by atoms with van der Waals surface area (Å²) in [7, 11) is 0. The van der Waals surface area contributed by atoms with Crippen LogP contribution in [0.15, 0.2) is 65.1 Å². The molecule has 0 fully saturated rings. The van der Waals surface area contributed by atoms with Crippen LogP contribution < -0.4 is 0 Å². The third-order valence-corrected chi connectivity index (χ3v) is 4.01. The fourth-order valence-corrected chi connectivity index (χ4v) is 3.10. The minimum atomic E-state index is 0.934. The van der Waals surface area contributed by atoms with E-state index in [1.165, 1.54) is 16.2 Å². The van der Waals surface area contributed by atoms with E-state index in [1.807, 2.05) is 18.2 Å². The van der Waals surface area contributed by atoms with Gasteiger partial charge in [-0.3, -0.25) is 0 Å². The lowest BCUT2D eigenvalue weighted by Crippen LogP contribution is -1.74. The molecule has 0 aliphatic rings. The van der Waals surface area contributed by atoms with Crippen LogP contribution in [0.1, 0.15) is 0 Å². The van der Waals surface area contributed by atoms with Crippen molar-refractivity contribution in [3.8, 4) is 0 Å². The minimum Gasteiger partial charge on any atom is -0.454 e. The van der Waals surface area contributed by atoms with Crippen LogP contribution in [-0.4, -0.2) is 4.98 Å². The highest BCUT2D eigenvalue weighted by atomic mass is 16.3. The van der Waals surface area contributed by atoms with Crippen molar-refractivity contribution in [1.82, 2.24) is 4.98 Å². The zero-order chi connectivity index (χ0) is 13.1. The molecule has 0 saturated carbocycles. The average Bonchev–Trinajstić information content (AvgIpc) is 3.03. The summed E-state index contributed by atoms with van der Waals surface area (Å²) in [5.74, 6) is 0. The van der Waals surface area contributed by atoms with E-state index in [9.17, 15) is 0 Å². The molecule has 0 saturated heterocycles. The van der Waals surface area contributed by atoms with E-state index in [0.717, 1.165) is 27.6 Å². The number of nitrogens with one attached hydrogen (secondary N) is 1. The molecular weight excluding hydrogens is 246 g/mol. The van der Waals surface area contributed by atoms with Crippen molar-refractivity contribution < 1.29 is 4.42 Å². The molecular formula is C18H11NO. The summed E-state index contributed by atoms with van der Waals surface area (Å²) in [4.78, 5) is 3.50. The van der Waals surface area contributed by atoms with Gasteiger partial charge in [0.2, 0.25) is 0 Å². The number of H-pyrrole nitrogens is 1. The fraction of sp³-hybridized carbons (Fsp3) is 0. The first-order chi connectivity index (χ1) is 9.92. The molecule has 0 aliphatic heterocycles. The first-order valence-corrected chi connectivity index (χ1v) is 6.72. The number of rotatable bonds is 0. The molecule has 5 rings (SSSR count). The van der Waals surface area contributed by atoms with Gasteiger partial charge in [0.15, 0.2) is 5.58 Å². The first kappa shape index (κ1) is 10.1. The van der Waals surface area contributed by atoms with Gasteiger partial charge in [-0.25, -0.2) is 0 Å². The first-order valence-electron chi connectivity index (χ1n) is 6.72. The maximum Gasteiger partial charge on any atom is 0.161 e. The molecule has 3 aromatic carbocycles. The number of fused-ring (bicyclic) bond motifs is 7. The Morgan fingerprint density at radius 3 is 2.50 bits per heavy atom. The Labute approximate surface area is 114 Å². The molecule has 0 aliphatic carbocycles. The summed E-state index contributed by atoms with van der Waals surface area (Å²) in [6.07, 6.45) is 0. The van der Waals surface area contributed by atoms with E-state index in [-0.39, 0.29) is 0 Å². The van der Waals surface area contributed by atoms with Crippen molar-refractivity contribution in [1.29, 1.82) is 0 Å². The summed E-state index contributed by atoms with van der Waals surface area (Å²) in [6.45, 7) is 0. The number of hydrogen-bond donors (Lipinski definition) is 1. The highest BCUT2D eigenvalue weighted by molar-refractivity contribution is 6.22. The second-order valence-electron chi connectivity index (χ2n) is 5.14. The molecule has 2 aromatic heterocycles. The monoisotopic (exact) mass is 257 g/mol. The summed E-state index contributed by atoms with van der Waals surface area (Å²) >= 11 is 0. The number of aromatic amines is 1. The highest BCUT2D eigenvalue weighted by Gasteiger charge is 2.14. The quantitative estimate of drug-likeness (QED) is 0.405. The predicted octanol–water partition coefficient (Wildman–Crippen LogP) is 5.22. The van der Waals surface area contributed by atoms with Crippen LogP contribution in [0.3, 0.4) is 0 Å². The molecule has 0 atom stereocenters. The number of para-hydroxylation sites is 1. The Hall–Kier alpha value is -2.74. The van der Waals surface area contributed by atoms with Gasteiger partial charge < -0.3 is 9.40 Å². The molecule has 0 spiro atoms. The lowest BCUT2D eigenvalue weighted by atomic mass is 10.1. The summed E-state index contributed by atoms with van der Waals surface area (Å²) in [5.41, 5.74) is 4.11. The third-order valence-electron chi connectivity index (χ3n) is 4.01. The summed E-state index contributed by atoms with van der Waals surface area (Å²) in [5, 5.41) is 4.79. The van der Waals surface area contributed by atoms with Crippen molar-refractivity contribution in [2.45, 2.75) is 0 Å². The summed E-state index contributed by atoms with van der Waals surface area (Å²) < 4.78 is 6.08. The second-order valence-corrected chi connectivity index (χ2v) is 5.14. The molecule has 20 heavy (non-hydrogen) atoms. The Bertz CT molecular complexity index is 1100. The molecule has 94 valence electrons. The molecule has 2 heterocycles. The van der Waals surface area contributed by atoms with Crippen molar-refractivity contribution in [2.75, 3.05) is 0 Å². The molecule has 2 heteroatoms. The molecule has 2 nitrogen and oxygen atoms in total. The van der Waals surface area contributed by atoms with E-state index >= 15 is 0 Å². The number of hydrogen-bond acceptors (Lipinski definition) is 1. The standard InChI is InChI=1S/C18H11NO/c1-2-6-12-11(5-1)9-10-14-16(12)18-17(19-14)13-7-3-4-8-15(13)20-18/h1-10,19H. The largest absolute Gasteiger partial charge is 0.454 e. The maximum atomic E-state index is 6.08.